The highest BCUT2D eigenvalue weighted by Crippen LogP contribution is 2.30. The van der Waals surface area contributed by atoms with E-state index in [-0.39, 0.29) is 5.91 Å². The first-order valence-electron chi connectivity index (χ1n) is 11.4. The number of piperazine rings is 1. The van der Waals surface area contributed by atoms with Crippen LogP contribution in [0.2, 0.25) is 0 Å². The highest BCUT2D eigenvalue weighted by atomic mass is 16.2. The van der Waals surface area contributed by atoms with Crippen LogP contribution < -0.4 is 4.90 Å². The van der Waals surface area contributed by atoms with Crippen molar-refractivity contribution in [2.24, 2.45) is 0 Å². The van der Waals surface area contributed by atoms with Crippen LogP contribution in [0.4, 0.5) is 5.82 Å². The fourth-order valence-corrected chi connectivity index (χ4v) is 4.38. The van der Waals surface area contributed by atoms with Crippen molar-refractivity contribution in [1.82, 2.24) is 24.6 Å². The molecule has 1 amide bonds. The Balaban J connectivity index is 1.61. The summed E-state index contributed by atoms with van der Waals surface area (Å²) in [4.78, 5) is 26.0. The Hall–Kier alpha value is -3.74. The fourth-order valence-electron chi connectivity index (χ4n) is 4.38. The molecule has 0 N–H and O–H groups in total. The summed E-state index contributed by atoms with van der Waals surface area (Å²) in [5.74, 6) is 1.80. The number of carbonyl (C=O) groups excluding carboxylic acids is 1. The summed E-state index contributed by atoms with van der Waals surface area (Å²) in [5.41, 5.74) is 5.11. The van der Waals surface area contributed by atoms with E-state index in [4.69, 9.17) is 15.1 Å². The molecule has 33 heavy (non-hydrogen) atoms. The van der Waals surface area contributed by atoms with Crippen molar-refractivity contribution in [1.29, 1.82) is 0 Å². The van der Waals surface area contributed by atoms with Gasteiger partial charge in [0, 0.05) is 39.5 Å². The third-order valence-electron chi connectivity index (χ3n) is 6.24. The molecule has 4 aromatic rings. The largest absolute Gasteiger partial charge is 0.352 e. The molecule has 2 aromatic heterocycles. The number of hydrogen-bond acceptors (Lipinski definition) is 5. The van der Waals surface area contributed by atoms with Gasteiger partial charge in [0.2, 0.25) is 5.91 Å². The number of benzene rings is 2. The standard InChI is InChI=1S/C26H28N6O/c1-18-9-11-21(12-10-18)17-23-27-25(31-15-13-30(14-16-31)20(3)33)24-19(2)29-32(26(24)28-23)22-7-5-4-6-8-22/h4-12H,13-17H2,1-3H3. The summed E-state index contributed by atoms with van der Waals surface area (Å²) < 4.78 is 1.92. The number of aromatic nitrogens is 4. The van der Waals surface area contributed by atoms with Crippen molar-refractivity contribution in [3.8, 4) is 5.69 Å². The van der Waals surface area contributed by atoms with Crippen molar-refractivity contribution in [2.45, 2.75) is 27.2 Å². The number of carbonyl (C=O) groups is 1. The maximum Gasteiger partial charge on any atom is 0.219 e. The van der Waals surface area contributed by atoms with E-state index in [0.717, 1.165) is 47.1 Å². The van der Waals surface area contributed by atoms with Crippen molar-refractivity contribution in [3.63, 3.8) is 0 Å². The minimum Gasteiger partial charge on any atom is -0.352 e. The number of aryl methyl sites for hydroxylation is 2. The van der Waals surface area contributed by atoms with Crippen LogP contribution in [0.5, 0.6) is 0 Å². The molecule has 7 heteroatoms. The predicted octanol–water partition coefficient (Wildman–Crippen LogP) is 3.69. The number of anilines is 1. The Morgan fingerprint density at radius 1 is 0.909 bits per heavy atom. The first-order valence-corrected chi connectivity index (χ1v) is 11.4. The number of hydrogen-bond donors (Lipinski definition) is 0. The minimum absolute atomic E-state index is 0.121. The topological polar surface area (TPSA) is 67.2 Å². The molecule has 0 atom stereocenters. The van der Waals surface area contributed by atoms with E-state index in [1.165, 1.54) is 11.1 Å². The van der Waals surface area contributed by atoms with E-state index >= 15 is 0 Å². The number of amides is 1. The molecule has 1 saturated heterocycles. The van der Waals surface area contributed by atoms with Crippen molar-refractivity contribution < 1.29 is 4.79 Å². The highest BCUT2D eigenvalue weighted by molar-refractivity contribution is 5.91. The van der Waals surface area contributed by atoms with Gasteiger partial charge in [0.25, 0.3) is 0 Å². The van der Waals surface area contributed by atoms with Gasteiger partial charge in [0.15, 0.2) is 5.65 Å². The summed E-state index contributed by atoms with van der Waals surface area (Å²) in [5, 5.41) is 5.82. The summed E-state index contributed by atoms with van der Waals surface area (Å²) in [6.45, 7) is 8.61. The number of nitrogens with zero attached hydrogens (tertiary/aromatic N) is 6. The Labute approximate surface area is 193 Å². The molecule has 2 aromatic carbocycles. The molecule has 0 aliphatic carbocycles. The lowest BCUT2D eigenvalue weighted by atomic mass is 10.1. The van der Waals surface area contributed by atoms with Gasteiger partial charge in [-0.15, -0.1) is 0 Å². The molecule has 0 unspecified atom stereocenters. The first kappa shape index (κ1) is 21.1. The quantitative estimate of drug-likeness (QED) is 0.484. The molecule has 0 spiro atoms. The zero-order chi connectivity index (χ0) is 22.9. The van der Waals surface area contributed by atoms with Gasteiger partial charge in [-0.05, 0) is 31.5 Å². The van der Waals surface area contributed by atoms with Gasteiger partial charge in [-0.1, -0.05) is 48.0 Å². The fraction of sp³-hybridized carbons (Fsp3) is 0.308. The smallest absolute Gasteiger partial charge is 0.219 e. The molecule has 7 nitrogen and oxygen atoms in total. The second kappa shape index (κ2) is 8.65. The van der Waals surface area contributed by atoms with Crippen molar-refractivity contribution in [2.75, 3.05) is 31.1 Å². The lowest BCUT2D eigenvalue weighted by Gasteiger charge is -2.35. The van der Waals surface area contributed by atoms with Crippen LogP contribution >= 0.6 is 0 Å². The average molecular weight is 441 g/mol. The number of rotatable bonds is 4. The SMILES string of the molecule is CC(=O)N1CCN(c2nc(Cc3ccc(C)cc3)nc3c2c(C)nn3-c2ccccc2)CC1. The lowest BCUT2D eigenvalue weighted by Crippen LogP contribution is -2.48. The molecule has 0 bridgehead atoms. The molecule has 1 fully saturated rings. The molecule has 0 saturated carbocycles. The molecule has 1 aliphatic rings. The van der Waals surface area contributed by atoms with E-state index < -0.39 is 0 Å². The Morgan fingerprint density at radius 2 is 1.61 bits per heavy atom. The summed E-state index contributed by atoms with van der Waals surface area (Å²) in [7, 11) is 0. The summed E-state index contributed by atoms with van der Waals surface area (Å²) >= 11 is 0. The van der Waals surface area contributed by atoms with Gasteiger partial charge >= 0.3 is 0 Å². The zero-order valence-corrected chi connectivity index (χ0v) is 19.3. The van der Waals surface area contributed by atoms with Gasteiger partial charge in [0.1, 0.15) is 11.6 Å². The van der Waals surface area contributed by atoms with Gasteiger partial charge in [-0.2, -0.15) is 5.10 Å². The maximum absolute atomic E-state index is 11.8. The lowest BCUT2D eigenvalue weighted by molar-refractivity contribution is -0.129. The van der Waals surface area contributed by atoms with Crippen LogP contribution in [-0.4, -0.2) is 56.7 Å². The van der Waals surface area contributed by atoms with Crippen LogP contribution in [0.1, 0.15) is 29.6 Å². The van der Waals surface area contributed by atoms with E-state index in [2.05, 4.69) is 36.1 Å². The molecule has 168 valence electrons. The third kappa shape index (κ3) is 4.18. The van der Waals surface area contributed by atoms with Gasteiger partial charge < -0.3 is 9.80 Å². The number of fused-ring (bicyclic) bond motifs is 1. The molecule has 5 rings (SSSR count). The van der Waals surface area contributed by atoms with Crippen LogP contribution in [0, 0.1) is 13.8 Å². The second-order valence-corrected chi connectivity index (χ2v) is 8.65. The Morgan fingerprint density at radius 3 is 2.27 bits per heavy atom. The summed E-state index contributed by atoms with van der Waals surface area (Å²) in [6, 6.07) is 18.6. The molecular weight excluding hydrogens is 412 g/mol. The van der Waals surface area contributed by atoms with Crippen molar-refractivity contribution >= 4 is 22.8 Å². The van der Waals surface area contributed by atoms with E-state index in [0.29, 0.717) is 19.5 Å². The van der Waals surface area contributed by atoms with Crippen molar-refractivity contribution in [3.05, 3.63) is 77.2 Å². The van der Waals surface area contributed by atoms with Gasteiger partial charge in [0.05, 0.1) is 16.8 Å². The van der Waals surface area contributed by atoms with E-state index in [1.54, 1.807) is 6.92 Å². The second-order valence-electron chi connectivity index (χ2n) is 8.65. The van der Waals surface area contributed by atoms with Crippen LogP contribution in [0.3, 0.4) is 0 Å². The van der Waals surface area contributed by atoms with Gasteiger partial charge in [-0.3, -0.25) is 4.79 Å². The number of para-hydroxylation sites is 1. The van der Waals surface area contributed by atoms with Crippen LogP contribution in [0.15, 0.2) is 54.6 Å². The molecular formula is C26H28N6O. The predicted molar refractivity (Wildman–Crippen MR) is 130 cm³/mol. The highest BCUT2D eigenvalue weighted by Gasteiger charge is 2.25. The molecule has 1 aliphatic heterocycles. The minimum atomic E-state index is 0.121. The Bertz CT molecular complexity index is 1290. The van der Waals surface area contributed by atoms with Crippen LogP contribution in [-0.2, 0) is 11.2 Å². The molecule has 3 heterocycles. The first-order chi connectivity index (χ1) is 16.0. The monoisotopic (exact) mass is 440 g/mol. The normalized spacial score (nSPS) is 14.2. The zero-order valence-electron chi connectivity index (χ0n) is 19.3. The Kier molecular flexibility index (Phi) is 5.54. The van der Waals surface area contributed by atoms with Crippen LogP contribution in [0.25, 0.3) is 16.7 Å². The van der Waals surface area contributed by atoms with E-state index in [1.807, 2.05) is 46.8 Å². The molecule has 0 radical (unpaired) electrons. The maximum atomic E-state index is 11.8. The third-order valence-corrected chi connectivity index (χ3v) is 6.24. The summed E-state index contributed by atoms with van der Waals surface area (Å²) in [6.07, 6.45) is 0.648. The average Bonchev–Trinajstić information content (AvgIpc) is 3.17. The van der Waals surface area contributed by atoms with Gasteiger partial charge in [-0.25, -0.2) is 14.6 Å². The van der Waals surface area contributed by atoms with E-state index in [9.17, 15) is 4.79 Å².